The Labute approximate surface area is 202 Å². The van der Waals surface area contributed by atoms with E-state index in [1.807, 2.05) is 0 Å². The van der Waals surface area contributed by atoms with Gasteiger partial charge in [-0.3, -0.25) is 0 Å². The summed E-state index contributed by atoms with van der Waals surface area (Å²) in [5.74, 6) is -1.12. The van der Waals surface area contributed by atoms with Gasteiger partial charge >= 0.3 is 29.6 Å². The zero-order chi connectivity index (χ0) is 19.6. The fourth-order valence-corrected chi connectivity index (χ4v) is 3.69. The van der Waals surface area contributed by atoms with Gasteiger partial charge in [0.25, 0.3) is 0 Å². The number of alkyl halides is 1. The second-order valence-electron chi connectivity index (χ2n) is 7.43. The van der Waals surface area contributed by atoms with Crippen LogP contribution in [0.5, 0.6) is 0 Å². The summed E-state index contributed by atoms with van der Waals surface area (Å²) in [6, 6.07) is 6.77. The molecule has 0 radical (unpaired) electrons. The third-order valence-corrected chi connectivity index (χ3v) is 5.57. The number of nitrogens with one attached hydrogen (secondary N) is 1. The Morgan fingerprint density at radius 3 is 1.50 bits per heavy atom. The smallest absolute Gasteiger partial charge is 0.545 e. The average Bonchev–Trinajstić information content (AvgIpc) is 2.68. The monoisotopic (exact) mass is 461 g/mol. The quantitative estimate of drug-likeness (QED) is 0.207. The van der Waals surface area contributed by atoms with Gasteiger partial charge in [0.15, 0.2) is 0 Å². The van der Waals surface area contributed by atoms with Crippen LogP contribution >= 0.6 is 15.9 Å². The second-order valence-corrected chi connectivity index (χ2v) is 8.22. The molecule has 0 fully saturated rings. The number of anilines is 1. The largest absolute Gasteiger partial charge is 1.00 e. The molecule has 28 heavy (non-hydrogen) atoms. The van der Waals surface area contributed by atoms with E-state index < -0.39 is 5.97 Å². The number of carbonyl (C=O) groups excluding carboxylic acids is 1. The number of carboxylic acid groups (broad SMARTS) is 1. The first kappa shape index (κ1) is 28.0. The van der Waals surface area contributed by atoms with E-state index in [4.69, 9.17) is 0 Å². The van der Waals surface area contributed by atoms with Crippen molar-refractivity contribution in [3.63, 3.8) is 0 Å². The molecule has 5 heteroatoms. The molecule has 0 saturated heterocycles. The Bertz CT molecular complexity index is 482. The van der Waals surface area contributed by atoms with Gasteiger partial charge in [-0.1, -0.05) is 105 Å². The van der Waals surface area contributed by atoms with E-state index >= 15 is 0 Å². The number of aromatic carboxylic acids is 1. The third-order valence-electron chi connectivity index (χ3n) is 5.01. The van der Waals surface area contributed by atoms with E-state index in [0.29, 0.717) is 0 Å². The molecule has 0 spiro atoms. The van der Waals surface area contributed by atoms with Crippen LogP contribution in [0.4, 0.5) is 5.69 Å². The Hall–Kier alpha value is -0.0300. The summed E-state index contributed by atoms with van der Waals surface area (Å²) in [6.45, 7) is 0.945. The normalized spacial score (nSPS) is 10.5. The summed E-state index contributed by atoms with van der Waals surface area (Å²) in [5, 5.41) is 15.2. The SMILES string of the molecule is O=C([O-])c1ccc(NCCCCCCCCCCCCCCCCBr)cc1.[Na+]. The molecular formula is C23H37BrNNaO2. The van der Waals surface area contributed by atoms with Crippen molar-refractivity contribution < 1.29 is 39.5 Å². The Kier molecular flexibility index (Phi) is 20.2. The molecule has 0 bridgehead atoms. The minimum absolute atomic E-state index is 0. The molecule has 0 saturated carbocycles. The second kappa shape index (κ2) is 20.3. The van der Waals surface area contributed by atoms with Crippen molar-refractivity contribution in [1.29, 1.82) is 0 Å². The van der Waals surface area contributed by atoms with Crippen molar-refractivity contribution in [3.8, 4) is 0 Å². The maximum atomic E-state index is 10.7. The van der Waals surface area contributed by atoms with Crippen LogP contribution in [0, 0.1) is 0 Å². The van der Waals surface area contributed by atoms with Crippen LogP contribution < -0.4 is 40.0 Å². The molecule has 0 amide bonds. The van der Waals surface area contributed by atoms with E-state index in [2.05, 4.69) is 21.2 Å². The van der Waals surface area contributed by atoms with Gasteiger partial charge in [-0.15, -0.1) is 0 Å². The molecular weight excluding hydrogens is 425 g/mol. The third kappa shape index (κ3) is 15.8. The molecule has 0 aromatic heterocycles. The van der Waals surface area contributed by atoms with Crippen molar-refractivity contribution in [2.45, 2.75) is 89.9 Å². The van der Waals surface area contributed by atoms with E-state index in [9.17, 15) is 9.90 Å². The first-order valence-electron chi connectivity index (χ1n) is 10.9. The number of hydrogen-bond donors (Lipinski definition) is 1. The molecule has 154 valence electrons. The van der Waals surface area contributed by atoms with E-state index in [1.54, 1.807) is 24.3 Å². The van der Waals surface area contributed by atoms with Crippen LogP contribution in [-0.2, 0) is 0 Å². The van der Waals surface area contributed by atoms with Gasteiger partial charge in [0.1, 0.15) is 0 Å². The fourth-order valence-electron chi connectivity index (χ4n) is 3.30. The number of carboxylic acids is 1. The molecule has 1 rings (SSSR count). The predicted octanol–water partition coefficient (Wildman–Crippen LogP) is 3.32. The maximum absolute atomic E-state index is 10.7. The summed E-state index contributed by atoms with van der Waals surface area (Å²) in [6.07, 6.45) is 19.1. The summed E-state index contributed by atoms with van der Waals surface area (Å²) < 4.78 is 0. The molecule has 1 aromatic carbocycles. The van der Waals surface area contributed by atoms with Crippen molar-refractivity contribution in [2.75, 3.05) is 17.2 Å². The molecule has 1 aromatic rings. The molecule has 0 aliphatic carbocycles. The van der Waals surface area contributed by atoms with Gasteiger partial charge in [-0.2, -0.15) is 0 Å². The van der Waals surface area contributed by atoms with Gasteiger partial charge < -0.3 is 15.2 Å². The van der Waals surface area contributed by atoms with E-state index in [1.165, 1.54) is 83.5 Å². The van der Waals surface area contributed by atoms with Crippen LogP contribution in [0.3, 0.4) is 0 Å². The molecule has 0 aliphatic heterocycles. The summed E-state index contributed by atoms with van der Waals surface area (Å²) >= 11 is 3.49. The van der Waals surface area contributed by atoms with Crippen LogP contribution in [0.25, 0.3) is 0 Å². The van der Waals surface area contributed by atoms with Crippen molar-refractivity contribution >= 4 is 27.6 Å². The molecule has 3 nitrogen and oxygen atoms in total. The Morgan fingerprint density at radius 1 is 0.714 bits per heavy atom. The number of benzene rings is 1. The van der Waals surface area contributed by atoms with E-state index in [-0.39, 0.29) is 35.1 Å². The molecule has 0 aliphatic rings. The van der Waals surface area contributed by atoms with Crippen molar-refractivity contribution in [3.05, 3.63) is 29.8 Å². The van der Waals surface area contributed by atoms with Crippen LogP contribution in [0.1, 0.15) is 100 Å². The number of halogens is 1. The average molecular weight is 462 g/mol. The van der Waals surface area contributed by atoms with Crippen LogP contribution in [-0.4, -0.2) is 17.8 Å². The van der Waals surface area contributed by atoms with Crippen molar-refractivity contribution in [2.24, 2.45) is 0 Å². The number of unbranched alkanes of at least 4 members (excludes halogenated alkanes) is 13. The van der Waals surface area contributed by atoms with Crippen molar-refractivity contribution in [1.82, 2.24) is 0 Å². The number of carbonyl (C=O) groups is 1. The summed E-state index contributed by atoms with van der Waals surface area (Å²) in [5.41, 5.74) is 1.20. The first-order chi connectivity index (χ1) is 13.2. The molecule has 0 heterocycles. The van der Waals surface area contributed by atoms with Gasteiger partial charge in [0, 0.05) is 17.6 Å². The fraction of sp³-hybridized carbons (Fsp3) is 0.696. The summed E-state index contributed by atoms with van der Waals surface area (Å²) in [7, 11) is 0. The van der Waals surface area contributed by atoms with Crippen LogP contribution in [0.15, 0.2) is 24.3 Å². The zero-order valence-corrected chi connectivity index (χ0v) is 21.4. The standard InChI is InChI=1S/C23H38BrNO2.Na/c24-19-13-11-9-7-5-3-1-2-4-6-8-10-12-14-20-25-22-17-15-21(16-18-22)23(26)27;/h15-18,25H,1-14,19-20H2,(H,26,27);/q;+1/p-1. The Morgan fingerprint density at radius 2 is 1.11 bits per heavy atom. The maximum Gasteiger partial charge on any atom is 1.00 e. The van der Waals surface area contributed by atoms with E-state index in [0.717, 1.165) is 24.0 Å². The Balaban J connectivity index is 0.00000729. The first-order valence-corrected chi connectivity index (χ1v) is 12.0. The van der Waals surface area contributed by atoms with Gasteiger partial charge in [0.2, 0.25) is 0 Å². The minimum atomic E-state index is -1.12. The summed E-state index contributed by atoms with van der Waals surface area (Å²) in [4.78, 5) is 10.7. The predicted molar refractivity (Wildman–Crippen MR) is 118 cm³/mol. The minimum Gasteiger partial charge on any atom is -0.545 e. The topological polar surface area (TPSA) is 52.2 Å². The van der Waals surface area contributed by atoms with Gasteiger partial charge in [0.05, 0.1) is 5.97 Å². The molecule has 0 atom stereocenters. The molecule has 0 unspecified atom stereocenters. The van der Waals surface area contributed by atoms with Crippen LogP contribution in [0.2, 0.25) is 0 Å². The molecule has 1 N–H and O–H groups in total. The number of rotatable bonds is 18. The number of hydrogen-bond acceptors (Lipinski definition) is 3. The van der Waals surface area contributed by atoms with Gasteiger partial charge in [-0.05, 0) is 30.5 Å². The zero-order valence-electron chi connectivity index (χ0n) is 17.8. The van der Waals surface area contributed by atoms with Gasteiger partial charge in [-0.25, -0.2) is 0 Å².